The van der Waals surface area contributed by atoms with Crippen molar-refractivity contribution >= 4 is 5.69 Å². The van der Waals surface area contributed by atoms with Gasteiger partial charge in [0.15, 0.2) is 0 Å². The fraction of sp³-hybridized carbons (Fsp3) is 0.500. The van der Waals surface area contributed by atoms with Crippen LogP contribution >= 0.6 is 0 Å². The first-order chi connectivity index (χ1) is 8.67. The Bertz CT molecular complexity index is 467. The van der Waals surface area contributed by atoms with Crippen LogP contribution in [0.15, 0.2) is 18.2 Å². The number of halogens is 1. The first-order valence-corrected chi connectivity index (χ1v) is 6.35. The van der Waals surface area contributed by atoms with E-state index in [1.807, 2.05) is 0 Å². The van der Waals surface area contributed by atoms with Crippen molar-refractivity contribution in [1.29, 1.82) is 5.26 Å². The van der Waals surface area contributed by atoms with Gasteiger partial charge < -0.3 is 10.6 Å². The zero-order valence-corrected chi connectivity index (χ0v) is 10.6. The van der Waals surface area contributed by atoms with E-state index < -0.39 is 0 Å². The molecule has 0 spiro atoms. The molecule has 1 aromatic rings. The number of rotatable bonds is 2. The zero-order chi connectivity index (χ0) is 13.1. The second-order valence-electron chi connectivity index (χ2n) is 4.85. The Morgan fingerprint density at radius 1 is 1.50 bits per heavy atom. The molecule has 0 amide bonds. The van der Waals surface area contributed by atoms with Crippen molar-refractivity contribution in [2.24, 2.45) is 5.73 Å². The lowest BCUT2D eigenvalue weighted by Crippen LogP contribution is -2.49. The molecule has 1 aliphatic heterocycles. The highest BCUT2D eigenvalue weighted by molar-refractivity contribution is 5.61. The number of anilines is 1. The number of nitriles is 1. The van der Waals surface area contributed by atoms with E-state index in [1.165, 1.54) is 12.1 Å². The summed E-state index contributed by atoms with van der Waals surface area (Å²) < 4.78 is 13.2. The highest BCUT2D eigenvalue weighted by Gasteiger charge is 2.28. The monoisotopic (exact) mass is 247 g/mol. The van der Waals surface area contributed by atoms with Crippen molar-refractivity contribution in [3.8, 4) is 6.07 Å². The van der Waals surface area contributed by atoms with Crippen LogP contribution in [0.1, 0.15) is 31.7 Å². The van der Waals surface area contributed by atoms with Crippen LogP contribution in [-0.2, 0) is 0 Å². The van der Waals surface area contributed by atoms with Crippen molar-refractivity contribution in [1.82, 2.24) is 0 Å². The highest BCUT2D eigenvalue weighted by Crippen LogP contribution is 2.31. The maximum atomic E-state index is 13.2. The zero-order valence-electron chi connectivity index (χ0n) is 10.6. The molecule has 2 rings (SSSR count). The molecule has 1 aliphatic rings. The van der Waals surface area contributed by atoms with Crippen LogP contribution in [0.2, 0.25) is 0 Å². The van der Waals surface area contributed by atoms with Crippen molar-refractivity contribution in [2.75, 3.05) is 11.4 Å². The number of nitrogens with zero attached hydrogens (tertiary/aromatic N) is 2. The Hall–Kier alpha value is -1.60. The standard InChI is InChI=1S/C14H18FN3/c1-10-3-2-4-13(9-17)18(10)14-6-5-12(15)7-11(14)8-16/h5-7,10,13H,2-4,9,17H2,1H3. The molecule has 0 bridgehead atoms. The summed E-state index contributed by atoms with van der Waals surface area (Å²) in [6.45, 7) is 2.69. The van der Waals surface area contributed by atoms with Crippen LogP contribution in [0.4, 0.5) is 10.1 Å². The molecule has 0 saturated carbocycles. The Morgan fingerprint density at radius 3 is 2.94 bits per heavy atom. The van der Waals surface area contributed by atoms with Gasteiger partial charge in [0.1, 0.15) is 11.9 Å². The van der Waals surface area contributed by atoms with Crippen molar-refractivity contribution < 1.29 is 4.39 Å². The van der Waals surface area contributed by atoms with Crippen LogP contribution in [0.5, 0.6) is 0 Å². The van der Waals surface area contributed by atoms with Gasteiger partial charge in [-0.2, -0.15) is 5.26 Å². The van der Waals surface area contributed by atoms with Gasteiger partial charge >= 0.3 is 0 Å². The van der Waals surface area contributed by atoms with E-state index in [2.05, 4.69) is 17.9 Å². The Labute approximate surface area is 107 Å². The number of benzene rings is 1. The van der Waals surface area contributed by atoms with Crippen LogP contribution < -0.4 is 10.6 Å². The Kier molecular flexibility index (Phi) is 3.83. The molecule has 0 aromatic heterocycles. The summed E-state index contributed by atoms with van der Waals surface area (Å²) in [5.74, 6) is -0.371. The lowest BCUT2D eigenvalue weighted by molar-refractivity contribution is 0.400. The van der Waals surface area contributed by atoms with E-state index in [9.17, 15) is 4.39 Å². The van der Waals surface area contributed by atoms with Crippen LogP contribution in [0.25, 0.3) is 0 Å². The third-order valence-electron chi connectivity index (χ3n) is 3.66. The third kappa shape index (κ3) is 2.32. The molecule has 2 unspecified atom stereocenters. The molecule has 18 heavy (non-hydrogen) atoms. The second-order valence-corrected chi connectivity index (χ2v) is 4.85. The lowest BCUT2D eigenvalue weighted by atomic mass is 9.94. The van der Waals surface area contributed by atoms with Gasteiger partial charge in [0.05, 0.1) is 11.3 Å². The molecule has 0 aliphatic carbocycles. The molecular weight excluding hydrogens is 229 g/mol. The third-order valence-corrected chi connectivity index (χ3v) is 3.66. The van der Waals surface area contributed by atoms with Gasteiger partial charge in [-0.1, -0.05) is 0 Å². The second kappa shape index (κ2) is 5.36. The lowest BCUT2D eigenvalue weighted by Gasteiger charge is -2.42. The van der Waals surface area contributed by atoms with Gasteiger partial charge in [0.2, 0.25) is 0 Å². The van der Waals surface area contributed by atoms with E-state index in [0.717, 1.165) is 24.9 Å². The summed E-state index contributed by atoms with van der Waals surface area (Å²) in [7, 11) is 0. The summed E-state index contributed by atoms with van der Waals surface area (Å²) in [6, 6.07) is 7.05. The molecule has 96 valence electrons. The first kappa shape index (κ1) is 12.8. The van der Waals surface area contributed by atoms with E-state index in [-0.39, 0.29) is 11.9 Å². The van der Waals surface area contributed by atoms with Crippen molar-refractivity contribution in [3.63, 3.8) is 0 Å². The summed E-state index contributed by atoms with van der Waals surface area (Å²) in [5.41, 5.74) is 7.01. The van der Waals surface area contributed by atoms with Gasteiger partial charge in [-0.05, 0) is 44.4 Å². The highest BCUT2D eigenvalue weighted by atomic mass is 19.1. The summed E-state index contributed by atoms with van der Waals surface area (Å²) in [6.07, 6.45) is 3.27. The number of nitrogens with two attached hydrogens (primary N) is 1. The van der Waals surface area contributed by atoms with Gasteiger partial charge in [-0.25, -0.2) is 4.39 Å². The molecular formula is C14H18FN3. The SMILES string of the molecule is CC1CCCC(CN)N1c1ccc(F)cc1C#N. The average Bonchev–Trinajstić information content (AvgIpc) is 2.38. The van der Waals surface area contributed by atoms with Crippen LogP contribution in [0, 0.1) is 17.1 Å². The van der Waals surface area contributed by atoms with E-state index in [4.69, 9.17) is 11.0 Å². The summed E-state index contributed by atoms with van der Waals surface area (Å²) in [4.78, 5) is 2.18. The molecule has 1 saturated heterocycles. The van der Waals surface area contributed by atoms with Gasteiger partial charge in [-0.15, -0.1) is 0 Å². The number of piperidine rings is 1. The van der Waals surface area contributed by atoms with E-state index >= 15 is 0 Å². The van der Waals surface area contributed by atoms with Gasteiger partial charge in [0.25, 0.3) is 0 Å². The molecule has 0 radical (unpaired) electrons. The maximum Gasteiger partial charge on any atom is 0.124 e. The molecule has 2 atom stereocenters. The molecule has 4 heteroatoms. The van der Waals surface area contributed by atoms with Crippen molar-refractivity contribution in [3.05, 3.63) is 29.6 Å². The summed E-state index contributed by atoms with van der Waals surface area (Å²) in [5, 5.41) is 9.14. The minimum Gasteiger partial charge on any atom is -0.364 e. The fourth-order valence-corrected chi connectivity index (χ4v) is 2.78. The van der Waals surface area contributed by atoms with Gasteiger partial charge in [-0.3, -0.25) is 0 Å². The largest absolute Gasteiger partial charge is 0.364 e. The first-order valence-electron chi connectivity index (χ1n) is 6.35. The Morgan fingerprint density at radius 2 is 2.28 bits per heavy atom. The van der Waals surface area contributed by atoms with Crippen LogP contribution in [-0.4, -0.2) is 18.6 Å². The Balaban J connectivity index is 2.42. The van der Waals surface area contributed by atoms with E-state index in [1.54, 1.807) is 6.07 Å². The van der Waals surface area contributed by atoms with Gasteiger partial charge in [0, 0.05) is 18.6 Å². The number of hydrogen-bond donors (Lipinski definition) is 1. The van der Waals surface area contributed by atoms with Crippen molar-refractivity contribution in [2.45, 2.75) is 38.3 Å². The predicted molar refractivity (Wildman–Crippen MR) is 69.7 cm³/mol. The number of hydrogen-bond acceptors (Lipinski definition) is 3. The topological polar surface area (TPSA) is 53.0 Å². The molecule has 3 nitrogen and oxygen atoms in total. The maximum absolute atomic E-state index is 13.2. The molecule has 2 N–H and O–H groups in total. The molecule has 1 fully saturated rings. The predicted octanol–water partition coefficient (Wildman–Crippen LogP) is 2.40. The average molecular weight is 247 g/mol. The normalized spacial score (nSPS) is 23.8. The minimum absolute atomic E-state index is 0.242. The van der Waals surface area contributed by atoms with Crippen LogP contribution in [0.3, 0.4) is 0 Å². The molecule has 1 heterocycles. The smallest absolute Gasteiger partial charge is 0.124 e. The fourth-order valence-electron chi connectivity index (χ4n) is 2.78. The van der Waals surface area contributed by atoms with E-state index in [0.29, 0.717) is 18.2 Å². The minimum atomic E-state index is -0.371. The summed E-state index contributed by atoms with van der Waals surface area (Å²) >= 11 is 0. The quantitative estimate of drug-likeness (QED) is 0.873. The molecule has 1 aromatic carbocycles.